The zero-order valence-electron chi connectivity index (χ0n) is 12.6. The van der Waals surface area contributed by atoms with Gasteiger partial charge in [-0.05, 0) is 44.4 Å². The minimum absolute atomic E-state index is 0.0893. The number of carbonyl (C=O) groups is 2. The van der Waals surface area contributed by atoms with Gasteiger partial charge in [0.2, 0.25) is 0 Å². The normalized spacial score (nSPS) is 15.9. The van der Waals surface area contributed by atoms with Crippen LogP contribution in [0.2, 0.25) is 0 Å². The zero-order valence-corrected chi connectivity index (χ0v) is 12.6. The van der Waals surface area contributed by atoms with Crippen LogP contribution in [0.25, 0.3) is 0 Å². The van der Waals surface area contributed by atoms with Gasteiger partial charge in [-0.1, -0.05) is 0 Å². The monoisotopic (exact) mass is 293 g/mol. The third-order valence-electron chi connectivity index (χ3n) is 4.03. The van der Waals surface area contributed by atoms with Gasteiger partial charge < -0.3 is 9.64 Å². The van der Waals surface area contributed by atoms with Crippen molar-refractivity contribution in [2.75, 3.05) is 25.1 Å². The summed E-state index contributed by atoms with van der Waals surface area (Å²) >= 11 is 0. The molecule has 0 amide bonds. The minimum atomic E-state index is -0.367. The Morgan fingerprint density at radius 2 is 1.90 bits per heavy atom. The molecular weight excluding hydrogens is 273 g/mol. The quantitative estimate of drug-likeness (QED) is 0.635. The number of methoxy groups -OCH3 is 1. The average molecular weight is 293 g/mol. The van der Waals surface area contributed by atoms with Crippen LogP contribution in [0.5, 0.6) is 0 Å². The molecule has 1 heterocycles. The summed E-state index contributed by atoms with van der Waals surface area (Å²) in [6.07, 6.45) is 1.36. The second-order valence-electron chi connectivity index (χ2n) is 5.46. The fraction of sp³-hybridized carbons (Fsp3) is 0.500. The summed E-state index contributed by atoms with van der Waals surface area (Å²) in [7, 11) is 1.39. The molecule has 21 heavy (non-hydrogen) atoms. The molecule has 0 N–H and O–H groups in total. The number of ketones is 1. The van der Waals surface area contributed by atoms with Gasteiger partial charge in [-0.3, -0.25) is 9.59 Å². The Morgan fingerprint density at radius 1 is 1.29 bits per heavy atom. The molecule has 0 atom stereocenters. The molecule has 2 rings (SSSR count). The maximum absolute atomic E-state index is 13.7. The largest absolute Gasteiger partial charge is 0.469 e. The van der Waals surface area contributed by atoms with Crippen LogP contribution >= 0.6 is 0 Å². The standard InChI is InChI=1S/C16H20FNO3/c1-10-8-15(13(11(2)19)9-14(10)17)18-6-4-12(5-7-18)16(20)21-3/h8-9,12H,4-7H2,1-3H3. The Labute approximate surface area is 123 Å². The van der Waals surface area contributed by atoms with Crippen LogP contribution < -0.4 is 4.90 Å². The highest BCUT2D eigenvalue weighted by Crippen LogP contribution is 2.29. The SMILES string of the molecule is COC(=O)C1CCN(c2cc(C)c(F)cc2C(C)=O)CC1. The number of aryl methyl sites for hydroxylation is 1. The van der Waals surface area contributed by atoms with Gasteiger partial charge in [0.15, 0.2) is 5.78 Å². The molecule has 0 unspecified atom stereocenters. The smallest absolute Gasteiger partial charge is 0.308 e. The minimum Gasteiger partial charge on any atom is -0.469 e. The highest BCUT2D eigenvalue weighted by atomic mass is 19.1. The number of esters is 1. The first kappa shape index (κ1) is 15.5. The summed E-state index contributed by atoms with van der Waals surface area (Å²) in [5.74, 6) is -0.794. The number of piperidine rings is 1. The topological polar surface area (TPSA) is 46.6 Å². The second kappa shape index (κ2) is 6.24. The fourth-order valence-corrected chi connectivity index (χ4v) is 2.73. The number of nitrogens with zero attached hydrogens (tertiary/aromatic N) is 1. The summed E-state index contributed by atoms with van der Waals surface area (Å²) in [5.41, 5.74) is 1.67. The number of Topliss-reactive ketones (excluding diaryl/α,β-unsaturated/α-hetero) is 1. The van der Waals surface area contributed by atoms with E-state index in [4.69, 9.17) is 4.74 Å². The van der Waals surface area contributed by atoms with E-state index in [-0.39, 0.29) is 23.5 Å². The molecule has 1 aromatic rings. The lowest BCUT2D eigenvalue weighted by molar-refractivity contribution is -0.146. The number of halogens is 1. The van der Waals surface area contributed by atoms with Gasteiger partial charge in [-0.25, -0.2) is 4.39 Å². The highest BCUT2D eigenvalue weighted by molar-refractivity contribution is 6.00. The van der Waals surface area contributed by atoms with E-state index in [0.29, 0.717) is 37.1 Å². The van der Waals surface area contributed by atoms with E-state index in [0.717, 1.165) is 5.69 Å². The summed E-state index contributed by atoms with van der Waals surface area (Å²) in [5, 5.41) is 0. The van der Waals surface area contributed by atoms with Gasteiger partial charge in [0.25, 0.3) is 0 Å². The predicted molar refractivity (Wildman–Crippen MR) is 78.1 cm³/mol. The molecule has 5 heteroatoms. The summed E-state index contributed by atoms with van der Waals surface area (Å²) < 4.78 is 18.4. The summed E-state index contributed by atoms with van der Waals surface area (Å²) in [6.45, 7) is 4.44. The highest BCUT2D eigenvalue weighted by Gasteiger charge is 2.27. The van der Waals surface area contributed by atoms with Crippen molar-refractivity contribution in [3.63, 3.8) is 0 Å². The van der Waals surface area contributed by atoms with E-state index in [2.05, 4.69) is 0 Å². The Hall–Kier alpha value is -1.91. The third-order valence-corrected chi connectivity index (χ3v) is 4.03. The number of hydrogen-bond acceptors (Lipinski definition) is 4. The van der Waals surface area contributed by atoms with Crippen molar-refractivity contribution in [1.82, 2.24) is 0 Å². The first-order chi connectivity index (χ1) is 9.93. The predicted octanol–water partition coefficient (Wildman–Crippen LogP) is 2.73. The molecule has 4 nitrogen and oxygen atoms in total. The molecule has 0 aliphatic carbocycles. The van der Waals surface area contributed by atoms with Gasteiger partial charge in [0.05, 0.1) is 13.0 Å². The van der Waals surface area contributed by atoms with Crippen molar-refractivity contribution in [2.24, 2.45) is 5.92 Å². The van der Waals surface area contributed by atoms with Crippen molar-refractivity contribution < 1.29 is 18.7 Å². The number of benzene rings is 1. The van der Waals surface area contributed by atoms with Gasteiger partial charge in [0.1, 0.15) is 5.82 Å². The number of ether oxygens (including phenoxy) is 1. The number of rotatable bonds is 3. The molecule has 0 saturated carbocycles. The molecule has 0 bridgehead atoms. The third kappa shape index (κ3) is 3.23. The van der Waals surface area contributed by atoms with Gasteiger partial charge in [0, 0.05) is 24.3 Å². The first-order valence-corrected chi connectivity index (χ1v) is 7.08. The lowest BCUT2D eigenvalue weighted by Gasteiger charge is -2.33. The van der Waals surface area contributed by atoms with Crippen LogP contribution in [-0.4, -0.2) is 32.0 Å². The lowest BCUT2D eigenvalue weighted by atomic mass is 9.95. The van der Waals surface area contributed by atoms with Gasteiger partial charge in [-0.2, -0.15) is 0 Å². The molecule has 0 aromatic heterocycles. The van der Waals surface area contributed by atoms with E-state index in [1.165, 1.54) is 20.1 Å². The second-order valence-corrected chi connectivity index (χ2v) is 5.46. The van der Waals surface area contributed by atoms with E-state index >= 15 is 0 Å². The van der Waals surface area contributed by atoms with Crippen LogP contribution in [0.1, 0.15) is 35.7 Å². The van der Waals surface area contributed by atoms with Gasteiger partial charge in [-0.15, -0.1) is 0 Å². The number of hydrogen-bond donors (Lipinski definition) is 0. The van der Waals surface area contributed by atoms with Crippen molar-refractivity contribution in [1.29, 1.82) is 0 Å². The summed E-state index contributed by atoms with van der Waals surface area (Å²) in [6, 6.07) is 3.02. The van der Waals surface area contributed by atoms with Crippen LogP contribution in [0.4, 0.5) is 10.1 Å². The van der Waals surface area contributed by atoms with E-state index < -0.39 is 0 Å². The maximum atomic E-state index is 13.7. The van der Waals surface area contributed by atoms with Crippen LogP contribution in [0.15, 0.2) is 12.1 Å². The Kier molecular flexibility index (Phi) is 4.60. The molecule has 114 valence electrons. The molecular formula is C16H20FNO3. The van der Waals surface area contributed by atoms with Crippen LogP contribution in [0.3, 0.4) is 0 Å². The summed E-state index contributed by atoms with van der Waals surface area (Å²) in [4.78, 5) is 25.3. The molecule has 1 fully saturated rings. The maximum Gasteiger partial charge on any atom is 0.308 e. The lowest BCUT2D eigenvalue weighted by Crippen LogP contribution is -2.37. The van der Waals surface area contributed by atoms with E-state index in [9.17, 15) is 14.0 Å². The molecule has 1 aliphatic heterocycles. The van der Waals surface area contributed by atoms with Crippen molar-refractivity contribution in [3.05, 3.63) is 29.1 Å². The van der Waals surface area contributed by atoms with Crippen molar-refractivity contribution in [2.45, 2.75) is 26.7 Å². The number of anilines is 1. The van der Waals surface area contributed by atoms with Crippen molar-refractivity contribution >= 4 is 17.4 Å². The van der Waals surface area contributed by atoms with Crippen LogP contribution in [0, 0.1) is 18.7 Å². The Morgan fingerprint density at radius 3 is 2.43 bits per heavy atom. The molecule has 0 spiro atoms. The Bertz CT molecular complexity index is 563. The molecule has 1 aromatic carbocycles. The molecule has 1 saturated heterocycles. The van der Waals surface area contributed by atoms with Crippen molar-refractivity contribution in [3.8, 4) is 0 Å². The average Bonchev–Trinajstić information content (AvgIpc) is 2.48. The van der Waals surface area contributed by atoms with E-state index in [1.54, 1.807) is 13.0 Å². The van der Waals surface area contributed by atoms with Crippen LogP contribution in [-0.2, 0) is 9.53 Å². The Balaban J connectivity index is 2.22. The van der Waals surface area contributed by atoms with Gasteiger partial charge >= 0.3 is 5.97 Å². The zero-order chi connectivity index (χ0) is 15.6. The first-order valence-electron chi connectivity index (χ1n) is 7.08. The molecule has 0 radical (unpaired) electrons. The van der Waals surface area contributed by atoms with E-state index in [1.807, 2.05) is 4.90 Å². The fourth-order valence-electron chi connectivity index (χ4n) is 2.73. The number of carbonyl (C=O) groups excluding carboxylic acids is 2. The molecule has 1 aliphatic rings.